The van der Waals surface area contributed by atoms with Gasteiger partial charge in [0.25, 0.3) is 5.91 Å². The molecule has 7 nitrogen and oxygen atoms in total. The van der Waals surface area contributed by atoms with Crippen LogP contribution in [0.2, 0.25) is 0 Å². The first kappa shape index (κ1) is 19.9. The van der Waals surface area contributed by atoms with Crippen molar-refractivity contribution in [3.05, 3.63) is 53.6 Å². The Morgan fingerprint density at radius 1 is 1.32 bits per heavy atom. The van der Waals surface area contributed by atoms with E-state index in [2.05, 4.69) is 5.32 Å². The van der Waals surface area contributed by atoms with E-state index in [-0.39, 0.29) is 27.9 Å². The summed E-state index contributed by atoms with van der Waals surface area (Å²) in [5.74, 6) is -0.389. The molecule has 0 aromatic heterocycles. The van der Waals surface area contributed by atoms with Crippen LogP contribution in [-0.2, 0) is 14.6 Å². The quantitative estimate of drug-likeness (QED) is 0.799. The molecule has 28 heavy (non-hydrogen) atoms. The summed E-state index contributed by atoms with van der Waals surface area (Å²) >= 11 is 0. The molecule has 0 saturated carbocycles. The second kappa shape index (κ2) is 8.42. The van der Waals surface area contributed by atoms with Gasteiger partial charge in [-0.25, -0.2) is 8.42 Å². The summed E-state index contributed by atoms with van der Waals surface area (Å²) in [6, 6.07) is 12.8. The van der Waals surface area contributed by atoms with Gasteiger partial charge in [-0.1, -0.05) is 12.1 Å². The number of amides is 1. The summed E-state index contributed by atoms with van der Waals surface area (Å²) in [5, 5.41) is 11.8. The van der Waals surface area contributed by atoms with E-state index < -0.39 is 15.7 Å². The van der Waals surface area contributed by atoms with Crippen molar-refractivity contribution >= 4 is 21.4 Å². The predicted octanol–water partition coefficient (Wildman–Crippen LogP) is 2.63. The molecule has 146 valence electrons. The highest BCUT2D eigenvalue weighted by atomic mass is 32.2. The monoisotopic (exact) mass is 400 g/mol. The number of nitrogens with zero attached hydrogens (tertiary/aromatic N) is 1. The highest BCUT2D eigenvalue weighted by Crippen LogP contribution is 2.27. The normalized spacial score (nSPS) is 16.4. The molecule has 1 saturated heterocycles. The van der Waals surface area contributed by atoms with E-state index in [0.29, 0.717) is 30.9 Å². The van der Waals surface area contributed by atoms with Crippen LogP contribution in [0.3, 0.4) is 0 Å². The van der Waals surface area contributed by atoms with Gasteiger partial charge in [0.05, 0.1) is 41.2 Å². The molecule has 2 aromatic carbocycles. The van der Waals surface area contributed by atoms with E-state index in [1.807, 2.05) is 6.07 Å². The van der Waals surface area contributed by atoms with Crippen LogP contribution >= 0.6 is 0 Å². The topological polar surface area (TPSA) is 105 Å². The van der Waals surface area contributed by atoms with E-state index in [0.717, 1.165) is 0 Å². The number of benzene rings is 2. The number of para-hydroxylation sites is 1. The minimum Gasteiger partial charge on any atom is -0.496 e. The van der Waals surface area contributed by atoms with Crippen molar-refractivity contribution in [1.29, 1.82) is 5.26 Å². The first-order chi connectivity index (χ1) is 13.4. The van der Waals surface area contributed by atoms with Gasteiger partial charge in [-0.15, -0.1) is 0 Å². The summed E-state index contributed by atoms with van der Waals surface area (Å²) in [4.78, 5) is 12.8. The number of nitrogens with one attached hydrogen (secondary N) is 1. The molecule has 1 aliphatic heterocycles. The van der Waals surface area contributed by atoms with Gasteiger partial charge in [0.1, 0.15) is 11.8 Å². The lowest BCUT2D eigenvalue weighted by molar-refractivity contribution is 0.102. The Hall–Kier alpha value is -2.89. The number of anilines is 1. The lowest BCUT2D eigenvalue weighted by atomic mass is 10.1. The van der Waals surface area contributed by atoms with Crippen molar-refractivity contribution in [3.63, 3.8) is 0 Å². The minimum absolute atomic E-state index is 0.0301. The fraction of sp³-hybridized carbons (Fsp3) is 0.300. The van der Waals surface area contributed by atoms with E-state index in [9.17, 15) is 18.5 Å². The van der Waals surface area contributed by atoms with Gasteiger partial charge in [0, 0.05) is 6.61 Å². The van der Waals surface area contributed by atoms with Crippen LogP contribution in [0.1, 0.15) is 22.3 Å². The third-order valence-electron chi connectivity index (χ3n) is 4.55. The van der Waals surface area contributed by atoms with Crippen molar-refractivity contribution in [2.45, 2.75) is 11.3 Å². The standard InChI is InChI=1S/C20H20N2O5S/c1-26-19-7-6-16(28(24,25)13-14-8-9-27-12-14)10-17(19)20(23)22-18-5-3-2-4-15(18)11-21/h2-7,10,14H,8-9,12-13H2,1H3,(H,22,23)/t14-/m0/s1. The van der Waals surface area contributed by atoms with Crippen LogP contribution in [0.5, 0.6) is 5.75 Å². The first-order valence-corrected chi connectivity index (χ1v) is 10.4. The Labute approximate surface area is 163 Å². The Morgan fingerprint density at radius 3 is 2.79 bits per heavy atom. The molecule has 0 bridgehead atoms. The number of hydrogen-bond acceptors (Lipinski definition) is 6. The predicted molar refractivity (Wildman–Crippen MR) is 103 cm³/mol. The molecule has 3 rings (SSSR count). The molecule has 0 spiro atoms. The van der Waals surface area contributed by atoms with Gasteiger partial charge < -0.3 is 14.8 Å². The van der Waals surface area contributed by atoms with Crippen molar-refractivity contribution in [2.24, 2.45) is 5.92 Å². The van der Waals surface area contributed by atoms with E-state index in [1.165, 1.54) is 25.3 Å². The average molecular weight is 400 g/mol. The maximum Gasteiger partial charge on any atom is 0.259 e. The summed E-state index contributed by atoms with van der Waals surface area (Å²) in [7, 11) is -2.18. The van der Waals surface area contributed by atoms with Gasteiger partial charge in [-0.2, -0.15) is 5.26 Å². The molecule has 0 radical (unpaired) electrons. The number of ether oxygens (including phenoxy) is 2. The smallest absolute Gasteiger partial charge is 0.259 e. The average Bonchev–Trinajstić information content (AvgIpc) is 3.20. The number of carbonyl (C=O) groups is 1. The lowest BCUT2D eigenvalue weighted by Gasteiger charge is -2.13. The molecule has 1 amide bonds. The molecule has 0 aliphatic carbocycles. The largest absolute Gasteiger partial charge is 0.496 e. The van der Waals surface area contributed by atoms with E-state index in [4.69, 9.17) is 9.47 Å². The summed E-state index contributed by atoms with van der Waals surface area (Å²) in [6.45, 7) is 0.989. The van der Waals surface area contributed by atoms with Gasteiger partial charge in [0.15, 0.2) is 9.84 Å². The number of methoxy groups -OCH3 is 1. The van der Waals surface area contributed by atoms with Gasteiger partial charge in [0.2, 0.25) is 0 Å². The molecule has 1 fully saturated rings. The molecule has 1 aliphatic rings. The van der Waals surface area contributed by atoms with Crippen LogP contribution in [0.4, 0.5) is 5.69 Å². The van der Waals surface area contributed by atoms with Crippen LogP contribution in [0.15, 0.2) is 47.4 Å². The SMILES string of the molecule is COc1ccc(S(=O)(=O)C[C@H]2CCOC2)cc1C(=O)Nc1ccccc1C#N. The highest BCUT2D eigenvalue weighted by Gasteiger charge is 2.26. The van der Waals surface area contributed by atoms with Crippen LogP contribution < -0.4 is 10.1 Å². The fourth-order valence-corrected chi connectivity index (χ4v) is 4.71. The Bertz CT molecular complexity index is 1020. The molecule has 1 heterocycles. The Morgan fingerprint density at radius 2 is 2.11 bits per heavy atom. The van der Waals surface area contributed by atoms with Crippen LogP contribution in [-0.4, -0.2) is 40.4 Å². The Balaban J connectivity index is 1.90. The lowest BCUT2D eigenvalue weighted by Crippen LogP contribution is -2.18. The highest BCUT2D eigenvalue weighted by molar-refractivity contribution is 7.91. The second-order valence-corrected chi connectivity index (χ2v) is 8.52. The molecular weight excluding hydrogens is 380 g/mol. The second-order valence-electron chi connectivity index (χ2n) is 6.48. The molecule has 1 atom stereocenters. The molecule has 2 aromatic rings. The third-order valence-corrected chi connectivity index (χ3v) is 6.43. The van der Waals surface area contributed by atoms with Crippen LogP contribution in [0, 0.1) is 17.2 Å². The van der Waals surface area contributed by atoms with Gasteiger partial charge in [-0.3, -0.25) is 4.79 Å². The van der Waals surface area contributed by atoms with Crippen LogP contribution in [0.25, 0.3) is 0 Å². The molecule has 1 N–H and O–H groups in total. The first-order valence-electron chi connectivity index (χ1n) is 8.73. The maximum absolute atomic E-state index is 12.8. The molecule has 8 heteroatoms. The minimum atomic E-state index is -3.58. The zero-order valence-electron chi connectivity index (χ0n) is 15.3. The fourth-order valence-electron chi connectivity index (χ4n) is 3.06. The number of hydrogen-bond donors (Lipinski definition) is 1. The number of rotatable bonds is 6. The molecule has 0 unspecified atom stereocenters. The van der Waals surface area contributed by atoms with Crippen molar-refractivity contribution < 1.29 is 22.7 Å². The summed E-state index contributed by atoms with van der Waals surface area (Å²) in [5.41, 5.74) is 0.729. The zero-order valence-corrected chi connectivity index (χ0v) is 16.2. The van der Waals surface area contributed by atoms with Gasteiger partial charge >= 0.3 is 0 Å². The van der Waals surface area contributed by atoms with E-state index >= 15 is 0 Å². The Kier molecular flexibility index (Phi) is 5.97. The summed E-state index contributed by atoms with van der Waals surface area (Å²) < 4.78 is 36.0. The third kappa shape index (κ3) is 4.32. The number of nitriles is 1. The number of sulfone groups is 1. The van der Waals surface area contributed by atoms with Crippen molar-refractivity contribution in [2.75, 3.05) is 31.4 Å². The summed E-state index contributed by atoms with van der Waals surface area (Å²) in [6.07, 6.45) is 0.702. The number of carbonyl (C=O) groups excluding carboxylic acids is 1. The zero-order chi connectivity index (χ0) is 20.1. The van der Waals surface area contributed by atoms with Crippen molar-refractivity contribution in [1.82, 2.24) is 0 Å². The van der Waals surface area contributed by atoms with E-state index in [1.54, 1.807) is 24.3 Å². The molecular formula is C20H20N2O5S. The van der Waals surface area contributed by atoms with Crippen molar-refractivity contribution in [3.8, 4) is 11.8 Å². The van der Waals surface area contributed by atoms with Gasteiger partial charge in [-0.05, 0) is 42.7 Å². The maximum atomic E-state index is 12.8.